The quantitative estimate of drug-likeness (QED) is 0.751. The Morgan fingerprint density at radius 1 is 1.19 bits per heavy atom. The summed E-state index contributed by atoms with van der Waals surface area (Å²) in [6.07, 6.45) is 1.59. The summed E-state index contributed by atoms with van der Waals surface area (Å²) in [4.78, 5) is 37.3. The number of anilines is 1. The minimum absolute atomic E-state index is 0.130. The number of benzene rings is 1. The Hall–Kier alpha value is -3.29. The van der Waals surface area contributed by atoms with Gasteiger partial charge in [-0.2, -0.15) is 9.97 Å². The van der Waals surface area contributed by atoms with Crippen molar-refractivity contribution in [2.24, 2.45) is 0 Å². The zero-order chi connectivity index (χ0) is 18.7. The second-order valence-electron chi connectivity index (χ2n) is 5.81. The molecule has 2 heterocycles. The third-order valence-electron chi connectivity index (χ3n) is 4.01. The van der Waals surface area contributed by atoms with Crippen molar-refractivity contribution in [1.29, 1.82) is 0 Å². The zero-order valence-electron chi connectivity index (χ0n) is 14.8. The number of aromatic nitrogens is 4. The lowest BCUT2D eigenvalue weighted by Gasteiger charge is -2.12. The van der Waals surface area contributed by atoms with Crippen LogP contribution in [0.4, 0.5) is 5.69 Å². The summed E-state index contributed by atoms with van der Waals surface area (Å²) in [5, 5.41) is 3.33. The first-order valence-corrected chi connectivity index (χ1v) is 8.13. The lowest BCUT2D eigenvalue weighted by Crippen LogP contribution is -2.24. The van der Waals surface area contributed by atoms with Gasteiger partial charge in [0.25, 0.3) is 5.56 Å². The highest BCUT2D eigenvalue weighted by Crippen LogP contribution is 2.19. The van der Waals surface area contributed by atoms with Gasteiger partial charge in [0.15, 0.2) is 0 Å². The third kappa shape index (κ3) is 3.53. The molecule has 0 spiro atoms. The van der Waals surface area contributed by atoms with Gasteiger partial charge in [-0.25, -0.2) is 4.98 Å². The first kappa shape index (κ1) is 17.5. The molecule has 0 saturated heterocycles. The highest BCUT2D eigenvalue weighted by Gasteiger charge is 2.12. The number of para-hydroxylation sites is 1. The smallest absolute Gasteiger partial charge is 0.316 e. The van der Waals surface area contributed by atoms with E-state index in [1.54, 1.807) is 32.0 Å². The van der Waals surface area contributed by atoms with Crippen molar-refractivity contribution in [3.05, 3.63) is 52.3 Å². The van der Waals surface area contributed by atoms with Crippen LogP contribution in [-0.4, -0.2) is 32.5 Å². The van der Waals surface area contributed by atoms with Crippen LogP contribution in [-0.2, 0) is 11.3 Å². The Kier molecular flexibility index (Phi) is 4.92. The summed E-state index contributed by atoms with van der Waals surface area (Å²) in [6.45, 7) is 3.77. The number of fused-ring (bicyclic) bond motifs is 1. The first-order chi connectivity index (χ1) is 12.5. The summed E-state index contributed by atoms with van der Waals surface area (Å²) in [5.41, 5.74) is 2.27. The minimum atomic E-state index is -0.231. The van der Waals surface area contributed by atoms with Gasteiger partial charge in [-0.3, -0.25) is 14.2 Å². The van der Waals surface area contributed by atoms with Crippen molar-refractivity contribution >= 4 is 22.5 Å². The lowest BCUT2D eigenvalue weighted by molar-refractivity contribution is -0.116. The molecule has 0 radical (unpaired) electrons. The van der Waals surface area contributed by atoms with Crippen LogP contribution in [0.1, 0.15) is 17.8 Å². The summed E-state index contributed by atoms with van der Waals surface area (Å²) in [7, 11) is 1.49. The van der Waals surface area contributed by atoms with Crippen molar-refractivity contribution in [1.82, 2.24) is 19.5 Å². The minimum Gasteiger partial charge on any atom is -0.467 e. The van der Waals surface area contributed by atoms with E-state index in [0.717, 1.165) is 0 Å². The molecule has 3 rings (SSSR count). The van der Waals surface area contributed by atoms with E-state index in [1.165, 1.54) is 18.0 Å². The fourth-order valence-electron chi connectivity index (χ4n) is 2.65. The van der Waals surface area contributed by atoms with Crippen molar-refractivity contribution in [2.75, 3.05) is 12.4 Å². The Labute approximate surface area is 149 Å². The molecular formula is C18H19N5O3. The summed E-state index contributed by atoms with van der Waals surface area (Å²) in [6, 6.07) is 7.38. The Morgan fingerprint density at radius 3 is 2.58 bits per heavy atom. The van der Waals surface area contributed by atoms with E-state index < -0.39 is 0 Å². The molecule has 0 atom stereocenters. The molecule has 0 fully saturated rings. The van der Waals surface area contributed by atoms with Crippen LogP contribution in [0.15, 0.2) is 35.4 Å². The van der Waals surface area contributed by atoms with E-state index in [4.69, 9.17) is 4.74 Å². The molecule has 0 bridgehead atoms. The zero-order valence-corrected chi connectivity index (χ0v) is 14.8. The molecule has 1 amide bonds. The molecule has 2 aromatic heterocycles. The van der Waals surface area contributed by atoms with E-state index in [0.29, 0.717) is 28.0 Å². The van der Waals surface area contributed by atoms with E-state index in [-0.39, 0.29) is 30.4 Å². The summed E-state index contributed by atoms with van der Waals surface area (Å²) < 4.78 is 6.45. The molecule has 8 nitrogen and oxygen atoms in total. The fourth-order valence-corrected chi connectivity index (χ4v) is 2.65. The van der Waals surface area contributed by atoms with Gasteiger partial charge in [0.05, 0.1) is 41.4 Å². The molecule has 0 saturated carbocycles. The third-order valence-corrected chi connectivity index (χ3v) is 4.01. The molecule has 1 N–H and O–H groups in total. The number of rotatable bonds is 5. The van der Waals surface area contributed by atoms with Crippen LogP contribution in [0, 0.1) is 13.8 Å². The number of carbonyl (C=O) groups is 1. The van der Waals surface area contributed by atoms with Crippen molar-refractivity contribution in [2.45, 2.75) is 26.8 Å². The Morgan fingerprint density at radius 2 is 1.88 bits per heavy atom. The number of nitrogens with zero attached hydrogens (tertiary/aromatic N) is 4. The molecule has 1 aromatic carbocycles. The van der Waals surface area contributed by atoms with Gasteiger partial charge in [-0.1, -0.05) is 12.1 Å². The van der Waals surface area contributed by atoms with Gasteiger partial charge < -0.3 is 10.1 Å². The first-order valence-electron chi connectivity index (χ1n) is 8.13. The second kappa shape index (κ2) is 7.30. The SMILES string of the molecule is COc1nc(C)c(NC(=O)CCn2cnc3ccccc3c2=O)c(C)n1. The number of hydrogen-bond acceptors (Lipinski definition) is 6. The van der Waals surface area contributed by atoms with Gasteiger partial charge in [-0.05, 0) is 26.0 Å². The number of nitrogens with one attached hydrogen (secondary N) is 1. The average molecular weight is 353 g/mol. The van der Waals surface area contributed by atoms with E-state index in [1.807, 2.05) is 6.07 Å². The van der Waals surface area contributed by atoms with Crippen LogP contribution >= 0.6 is 0 Å². The topological polar surface area (TPSA) is 99.0 Å². The number of amides is 1. The molecule has 26 heavy (non-hydrogen) atoms. The number of ether oxygens (including phenoxy) is 1. The van der Waals surface area contributed by atoms with Crippen molar-refractivity contribution < 1.29 is 9.53 Å². The molecule has 0 aliphatic rings. The largest absolute Gasteiger partial charge is 0.467 e. The fraction of sp³-hybridized carbons (Fsp3) is 0.278. The van der Waals surface area contributed by atoms with Gasteiger partial charge >= 0.3 is 6.01 Å². The highest BCUT2D eigenvalue weighted by molar-refractivity contribution is 5.91. The number of methoxy groups -OCH3 is 1. The lowest BCUT2D eigenvalue weighted by atomic mass is 10.2. The maximum Gasteiger partial charge on any atom is 0.316 e. The predicted octanol–water partition coefficient (Wildman–Crippen LogP) is 1.84. The summed E-state index contributed by atoms with van der Waals surface area (Å²) >= 11 is 0. The molecule has 0 unspecified atom stereocenters. The van der Waals surface area contributed by atoms with E-state index >= 15 is 0 Å². The average Bonchev–Trinajstić information content (AvgIpc) is 2.64. The van der Waals surface area contributed by atoms with Crippen LogP contribution < -0.4 is 15.6 Å². The Balaban J connectivity index is 1.72. The number of carbonyl (C=O) groups excluding carboxylic acids is 1. The maximum absolute atomic E-state index is 12.4. The Bertz CT molecular complexity index is 1010. The monoisotopic (exact) mass is 353 g/mol. The van der Waals surface area contributed by atoms with Crippen LogP contribution in [0.5, 0.6) is 6.01 Å². The van der Waals surface area contributed by atoms with Gasteiger partial charge in [0, 0.05) is 13.0 Å². The number of hydrogen-bond donors (Lipinski definition) is 1. The molecule has 0 aliphatic heterocycles. The van der Waals surface area contributed by atoms with Crippen LogP contribution in [0.2, 0.25) is 0 Å². The van der Waals surface area contributed by atoms with Gasteiger partial charge in [-0.15, -0.1) is 0 Å². The van der Waals surface area contributed by atoms with Crippen LogP contribution in [0.25, 0.3) is 10.9 Å². The molecule has 0 aliphatic carbocycles. The summed E-state index contributed by atoms with van der Waals surface area (Å²) in [5.74, 6) is -0.231. The molecular weight excluding hydrogens is 334 g/mol. The molecule has 134 valence electrons. The standard InChI is InChI=1S/C18H19N5O3/c1-11-16(12(2)21-18(20-11)26-3)22-15(24)8-9-23-10-19-14-7-5-4-6-13(14)17(23)25/h4-7,10H,8-9H2,1-3H3,(H,22,24). The maximum atomic E-state index is 12.4. The van der Waals surface area contributed by atoms with E-state index in [2.05, 4.69) is 20.3 Å². The van der Waals surface area contributed by atoms with E-state index in [9.17, 15) is 9.59 Å². The normalized spacial score (nSPS) is 10.7. The predicted molar refractivity (Wildman–Crippen MR) is 97.3 cm³/mol. The molecule has 3 aromatic rings. The van der Waals surface area contributed by atoms with Crippen molar-refractivity contribution in [3.8, 4) is 6.01 Å². The number of aryl methyl sites for hydroxylation is 3. The van der Waals surface area contributed by atoms with Crippen LogP contribution in [0.3, 0.4) is 0 Å². The van der Waals surface area contributed by atoms with Gasteiger partial charge in [0.1, 0.15) is 0 Å². The molecule has 8 heteroatoms. The van der Waals surface area contributed by atoms with Gasteiger partial charge in [0.2, 0.25) is 5.91 Å². The highest BCUT2D eigenvalue weighted by atomic mass is 16.5. The van der Waals surface area contributed by atoms with Crippen molar-refractivity contribution in [3.63, 3.8) is 0 Å². The second-order valence-corrected chi connectivity index (χ2v) is 5.81.